The molecule has 8 N–H and O–H groups in total. The highest BCUT2D eigenvalue weighted by Crippen LogP contribution is 2.20. The van der Waals surface area contributed by atoms with Crippen LogP contribution in [-0.2, 0) is 35.2 Å². The van der Waals surface area contributed by atoms with Crippen LogP contribution < -0.4 is 16.4 Å². The zero-order chi connectivity index (χ0) is 26.1. The van der Waals surface area contributed by atoms with Gasteiger partial charge in [0.05, 0.1) is 18.8 Å². The molecule has 0 aromatic carbocycles. The fourth-order valence-corrected chi connectivity index (χ4v) is 3.65. The fraction of sp³-hybridized carbons (Fsp3) is 0.550. The number of imidazole rings is 1. The van der Waals surface area contributed by atoms with Crippen molar-refractivity contribution in [3.05, 3.63) is 18.2 Å². The van der Waals surface area contributed by atoms with Crippen LogP contribution in [0.25, 0.3) is 0 Å². The van der Waals surface area contributed by atoms with Gasteiger partial charge < -0.3 is 41.6 Å². The maximum Gasteiger partial charge on any atom is 0.326 e. The van der Waals surface area contributed by atoms with Crippen LogP contribution in [0.1, 0.15) is 37.8 Å². The van der Waals surface area contributed by atoms with E-state index in [0.29, 0.717) is 12.1 Å². The Morgan fingerprint density at radius 1 is 1.11 bits per heavy atom. The predicted molar refractivity (Wildman–Crippen MR) is 116 cm³/mol. The number of amides is 3. The predicted octanol–water partition coefficient (Wildman–Crippen LogP) is -2.34. The van der Waals surface area contributed by atoms with Gasteiger partial charge in [-0.1, -0.05) is 0 Å². The molecule has 35 heavy (non-hydrogen) atoms. The Bertz CT molecular complexity index is 951. The maximum atomic E-state index is 13.1. The van der Waals surface area contributed by atoms with Gasteiger partial charge in [0.1, 0.15) is 18.1 Å². The van der Waals surface area contributed by atoms with E-state index >= 15 is 0 Å². The number of hydrogen-bond acceptors (Lipinski definition) is 8. The molecule has 15 nitrogen and oxygen atoms in total. The molecule has 0 radical (unpaired) electrons. The average molecular weight is 496 g/mol. The summed E-state index contributed by atoms with van der Waals surface area (Å²) in [5.74, 6) is -6.35. The second-order valence-corrected chi connectivity index (χ2v) is 8.07. The van der Waals surface area contributed by atoms with E-state index in [1.54, 1.807) is 0 Å². The zero-order valence-corrected chi connectivity index (χ0v) is 18.7. The number of nitrogens with zero attached hydrogens (tertiary/aromatic N) is 2. The number of carbonyl (C=O) groups excluding carboxylic acids is 3. The van der Waals surface area contributed by atoms with Crippen molar-refractivity contribution in [1.82, 2.24) is 25.5 Å². The zero-order valence-electron chi connectivity index (χ0n) is 18.7. The number of carboxylic acids is 3. The molecule has 1 saturated heterocycles. The van der Waals surface area contributed by atoms with E-state index in [1.807, 2.05) is 0 Å². The van der Waals surface area contributed by atoms with E-state index in [4.69, 9.17) is 10.8 Å². The SMILES string of the molecule is NC(CCC(=O)O)C(=O)NC(CC(=O)O)C(=O)N1CCCC1C(=O)NC(Cc1cnc[nH]1)C(=O)O. The van der Waals surface area contributed by atoms with Crippen LogP contribution in [0.15, 0.2) is 12.5 Å². The van der Waals surface area contributed by atoms with Gasteiger partial charge in [-0.3, -0.25) is 24.0 Å². The minimum absolute atomic E-state index is 0.0757. The van der Waals surface area contributed by atoms with Crippen molar-refractivity contribution in [2.24, 2.45) is 5.73 Å². The number of aromatic nitrogens is 2. The molecule has 1 fully saturated rings. The van der Waals surface area contributed by atoms with Gasteiger partial charge in [0, 0.05) is 31.3 Å². The lowest BCUT2D eigenvalue weighted by Gasteiger charge is -2.29. The van der Waals surface area contributed by atoms with Gasteiger partial charge in [-0.2, -0.15) is 0 Å². The second kappa shape index (κ2) is 12.5. The number of hydrogen-bond donors (Lipinski definition) is 7. The summed E-state index contributed by atoms with van der Waals surface area (Å²) in [5.41, 5.74) is 6.11. The van der Waals surface area contributed by atoms with Crippen molar-refractivity contribution in [2.75, 3.05) is 6.54 Å². The highest BCUT2D eigenvalue weighted by atomic mass is 16.4. The van der Waals surface area contributed by atoms with Gasteiger partial charge in [0.15, 0.2) is 0 Å². The van der Waals surface area contributed by atoms with Crippen molar-refractivity contribution in [3.63, 3.8) is 0 Å². The van der Waals surface area contributed by atoms with Crippen molar-refractivity contribution >= 4 is 35.6 Å². The Hall–Kier alpha value is -4.01. The number of aliphatic carboxylic acids is 3. The number of aromatic amines is 1. The van der Waals surface area contributed by atoms with Crippen molar-refractivity contribution in [1.29, 1.82) is 0 Å². The molecule has 0 aliphatic carbocycles. The molecule has 0 saturated carbocycles. The third-order valence-electron chi connectivity index (χ3n) is 5.43. The third-order valence-corrected chi connectivity index (χ3v) is 5.43. The molecule has 2 heterocycles. The third kappa shape index (κ3) is 8.06. The lowest BCUT2D eigenvalue weighted by atomic mass is 10.1. The Balaban J connectivity index is 2.10. The summed E-state index contributed by atoms with van der Waals surface area (Å²) in [4.78, 5) is 79.5. The maximum absolute atomic E-state index is 13.1. The summed E-state index contributed by atoms with van der Waals surface area (Å²) in [6.07, 6.45) is 1.88. The quantitative estimate of drug-likeness (QED) is 0.152. The summed E-state index contributed by atoms with van der Waals surface area (Å²) in [6.45, 7) is 0.0895. The van der Waals surface area contributed by atoms with E-state index in [0.717, 1.165) is 4.90 Å². The number of H-pyrrole nitrogens is 1. The summed E-state index contributed by atoms with van der Waals surface area (Å²) in [5, 5.41) is 32.0. The van der Waals surface area contributed by atoms with Crippen molar-refractivity contribution in [3.8, 4) is 0 Å². The molecule has 4 unspecified atom stereocenters. The van der Waals surface area contributed by atoms with E-state index in [9.17, 15) is 39.0 Å². The van der Waals surface area contributed by atoms with Crippen LogP contribution in [0, 0.1) is 0 Å². The lowest BCUT2D eigenvalue weighted by Crippen LogP contribution is -2.57. The number of likely N-dealkylation sites (tertiary alicyclic amines) is 1. The van der Waals surface area contributed by atoms with Crippen LogP contribution >= 0.6 is 0 Å². The summed E-state index contributed by atoms with van der Waals surface area (Å²) < 4.78 is 0. The first-order chi connectivity index (χ1) is 16.5. The molecular formula is C20H28N6O9. The van der Waals surface area contributed by atoms with Gasteiger partial charge in [0.2, 0.25) is 17.7 Å². The van der Waals surface area contributed by atoms with Gasteiger partial charge in [-0.05, 0) is 19.3 Å². The van der Waals surface area contributed by atoms with E-state index in [-0.39, 0.29) is 25.8 Å². The summed E-state index contributed by atoms with van der Waals surface area (Å²) in [7, 11) is 0. The summed E-state index contributed by atoms with van der Waals surface area (Å²) >= 11 is 0. The molecule has 1 aromatic rings. The molecule has 1 aliphatic heterocycles. The lowest BCUT2D eigenvalue weighted by molar-refractivity contribution is -0.147. The minimum atomic E-state index is -1.55. The Kier molecular flexibility index (Phi) is 9.69. The summed E-state index contributed by atoms with van der Waals surface area (Å²) in [6, 6.07) is -5.21. The number of rotatable bonds is 13. The number of nitrogens with one attached hydrogen (secondary N) is 3. The van der Waals surface area contributed by atoms with Gasteiger partial charge in [0.25, 0.3) is 0 Å². The molecule has 4 atom stereocenters. The molecule has 15 heteroatoms. The second-order valence-electron chi connectivity index (χ2n) is 8.07. The smallest absolute Gasteiger partial charge is 0.326 e. The highest BCUT2D eigenvalue weighted by Gasteiger charge is 2.39. The van der Waals surface area contributed by atoms with Crippen LogP contribution in [0.3, 0.4) is 0 Å². The molecular weight excluding hydrogens is 468 g/mol. The topological polar surface area (TPSA) is 245 Å². The highest BCUT2D eigenvalue weighted by molar-refractivity contribution is 5.96. The van der Waals surface area contributed by atoms with Gasteiger partial charge in [-0.25, -0.2) is 9.78 Å². The van der Waals surface area contributed by atoms with Gasteiger partial charge in [-0.15, -0.1) is 0 Å². The molecule has 2 rings (SSSR count). The monoisotopic (exact) mass is 496 g/mol. The first-order valence-electron chi connectivity index (χ1n) is 10.8. The van der Waals surface area contributed by atoms with Crippen LogP contribution in [0.4, 0.5) is 0 Å². The van der Waals surface area contributed by atoms with Crippen LogP contribution in [-0.4, -0.2) is 96.5 Å². The normalized spacial score (nSPS) is 17.7. The first kappa shape index (κ1) is 27.2. The fourth-order valence-electron chi connectivity index (χ4n) is 3.65. The van der Waals surface area contributed by atoms with Crippen LogP contribution in [0.2, 0.25) is 0 Å². The Labute approximate surface area is 199 Å². The van der Waals surface area contributed by atoms with Gasteiger partial charge >= 0.3 is 17.9 Å². The largest absolute Gasteiger partial charge is 0.481 e. The number of carboxylic acid groups (broad SMARTS) is 3. The Morgan fingerprint density at radius 3 is 2.40 bits per heavy atom. The van der Waals surface area contributed by atoms with E-state index < -0.39 is 72.6 Å². The standard InChI is InChI=1S/C20H28N6O9/c21-11(3-4-15(27)28)17(31)24-12(7-16(29)30)19(33)26-5-1-2-14(26)18(32)25-13(20(34)35)6-10-8-22-9-23-10/h8-9,11-14H,1-7,21H2,(H,22,23)(H,24,31)(H,25,32)(H,27,28)(H,29,30)(H,34,35). The number of carbonyl (C=O) groups is 6. The first-order valence-corrected chi connectivity index (χ1v) is 10.8. The van der Waals surface area contributed by atoms with Crippen LogP contribution in [0.5, 0.6) is 0 Å². The number of nitrogens with two attached hydrogens (primary N) is 1. The van der Waals surface area contributed by atoms with E-state index in [2.05, 4.69) is 20.6 Å². The molecule has 192 valence electrons. The van der Waals surface area contributed by atoms with Crippen molar-refractivity contribution < 1.29 is 44.1 Å². The molecule has 1 aliphatic rings. The molecule has 1 aromatic heterocycles. The Morgan fingerprint density at radius 2 is 1.83 bits per heavy atom. The van der Waals surface area contributed by atoms with Crippen molar-refractivity contribution in [2.45, 2.75) is 62.7 Å². The average Bonchev–Trinajstić information content (AvgIpc) is 3.47. The van der Waals surface area contributed by atoms with E-state index in [1.165, 1.54) is 12.5 Å². The molecule has 3 amide bonds. The molecule has 0 bridgehead atoms. The minimum Gasteiger partial charge on any atom is -0.481 e. The molecule has 0 spiro atoms.